The molecule has 2 aliphatic rings. The first-order valence-electron chi connectivity index (χ1n) is 12.7. The summed E-state index contributed by atoms with van der Waals surface area (Å²) in [5, 5.41) is 17.4. The number of hydrogen-bond acceptors (Lipinski definition) is 8. The number of thiazole rings is 1. The van der Waals surface area contributed by atoms with Gasteiger partial charge < -0.3 is 30.4 Å². The third-order valence-corrected chi connectivity index (χ3v) is 8.58. The lowest BCUT2D eigenvalue weighted by atomic mass is 9.96. The largest absolute Gasteiger partial charge is 0.480 e. The fourth-order valence-corrected chi connectivity index (χ4v) is 6.47. The molecule has 2 amide bonds. The summed E-state index contributed by atoms with van der Waals surface area (Å²) in [5.74, 6) is -1.83. The summed E-state index contributed by atoms with van der Waals surface area (Å²) in [4.78, 5) is 62.0. The molecule has 2 aliphatic heterocycles. The van der Waals surface area contributed by atoms with Gasteiger partial charge in [0.15, 0.2) is 5.01 Å². The van der Waals surface area contributed by atoms with E-state index in [-0.39, 0.29) is 24.8 Å². The fourth-order valence-electron chi connectivity index (χ4n) is 5.20. The van der Waals surface area contributed by atoms with Crippen molar-refractivity contribution < 1.29 is 24.3 Å². The van der Waals surface area contributed by atoms with Crippen LogP contribution in [-0.4, -0.2) is 93.8 Å². The van der Waals surface area contributed by atoms with Crippen molar-refractivity contribution in [2.75, 3.05) is 26.7 Å². The number of amides is 2. The number of hydrogen-bond donors (Lipinski definition) is 4. The van der Waals surface area contributed by atoms with Crippen LogP contribution in [0, 0.1) is 0 Å². The van der Waals surface area contributed by atoms with Crippen molar-refractivity contribution in [2.24, 2.45) is 0 Å². The smallest absolute Gasteiger partial charge is 0.321 e. The van der Waals surface area contributed by atoms with Gasteiger partial charge in [0, 0.05) is 59.8 Å². The molecule has 1 fully saturated rings. The molecule has 1 unspecified atom stereocenters. The number of nitrogens with zero attached hydrogens (tertiary/aromatic N) is 3. The summed E-state index contributed by atoms with van der Waals surface area (Å²) in [6.07, 6.45) is 1.56. The number of carboxylic acids is 1. The predicted octanol–water partition coefficient (Wildman–Crippen LogP) is 1.91. The van der Waals surface area contributed by atoms with Gasteiger partial charge in [-0.2, -0.15) is 0 Å². The molecule has 3 atom stereocenters. The minimum atomic E-state index is -1.11. The maximum Gasteiger partial charge on any atom is 0.321 e. The number of fused-ring (bicyclic) bond motifs is 2. The molecule has 4 heterocycles. The number of aldehydes is 1. The standard InChI is InChI=1S/C26H29ClN6O5S/c1-32-7-4-18-22(13-32)39-25(31-18)24(36)30-20-12-33(21(6-9-34)26(37)38)8-5-17(20)29-23(35)19-11-14-10-15(27)2-3-16(14)28-19/h2-3,9-11,17,20-21,28H,4-8,12-13H2,1H3,(H,29,35)(H,30,36)(H,37,38)/t17-,20+,21?/m0/s1. The molecule has 11 nitrogen and oxygen atoms in total. The van der Waals surface area contributed by atoms with E-state index in [2.05, 4.69) is 25.5 Å². The third kappa shape index (κ3) is 5.98. The molecule has 13 heteroatoms. The van der Waals surface area contributed by atoms with E-state index in [1.165, 1.54) is 11.3 Å². The highest BCUT2D eigenvalue weighted by molar-refractivity contribution is 7.13. The number of H-pyrrole nitrogens is 1. The van der Waals surface area contributed by atoms with E-state index in [1.54, 1.807) is 29.2 Å². The van der Waals surface area contributed by atoms with Crippen LogP contribution in [0.15, 0.2) is 24.3 Å². The zero-order chi connectivity index (χ0) is 27.7. The Hall–Kier alpha value is -3.32. The maximum atomic E-state index is 13.3. The number of likely N-dealkylation sites (tertiary alicyclic amines) is 1. The Bertz CT molecular complexity index is 1420. The first kappa shape index (κ1) is 27.3. The number of carboxylic acid groups (broad SMARTS) is 1. The van der Waals surface area contributed by atoms with Gasteiger partial charge in [0.1, 0.15) is 18.0 Å². The number of rotatable bonds is 8. The van der Waals surface area contributed by atoms with E-state index >= 15 is 0 Å². The quantitative estimate of drug-likeness (QED) is 0.299. The molecule has 5 rings (SSSR count). The molecule has 0 saturated carbocycles. The van der Waals surface area contributed by atoms with Crippen LogP contribution in [0.2, 0.25) is 5.02 Å². The Morgan fingerprint density at radius 1 is 1.23 bits per heavy atom. The molecule has 0 spiro atoms. The second kappa shape index (κ2) is 11.4. The van der Waals surface area contributed by atoms with Crippen molar-refractivity contribution in [1.82, 2.24) is 30.4 Å². The second-order valence-electron chi connectivity index (χ2n) is 9.99. The number of aliphatic carboxylic acids is 1. The third-order valence-electron chi connectivity index (χ3n) is 7.27. The van der Waals surface area contributed by atoms with E-state index in [1.807, 2.05) is 7.05 Å². The van der Waals surface area contributed by atoms with Crippen LogP contribution >= 0.6 is 22.9 Å². The maximum absolute atomic E-state index is 13.3. The van der Waals surface area contributed by atoms with Gasteiger partial charge in [-0.3, -0.25) is 19.3 Å². The number of piperidine rings is 1. The van der Waals surface area contributed by atoms with Crippen molar-refractivity contribution in [1.29, 1.82) is 0 Å². The Kier molecular flexibility index (Phi) is 7.98. The van der Waals surface area contributed by atoms with Gasteiger partial charge in [-0.05, 0) is 37.7 Å². The number of aromatic nitrogens is 2. The van der Waals surface area contributed by atoms with Crippen molar-refractivity contribution in [2.45, 2.75) is 43.9 Å². The predicted molar refractivity (Wildman–Crippen MR) is 146 cm³/mol. The number of likely N-dealkylation sites (N-methyl/N-ethyl adjacent to an activating group) is 1. The van der Waals surface area contributed by atoms with E-state index in [0.717, 1.165) is 41.0 Å². The van der Waals surface area contributed by atoms with Gasteiger partial charge in [-0.25, -0.2) is 4.98 Å². The summed E-state index contributed by atoms with van der Waals surface area (Å²) in [7, 11) is 2.02. The molecule has 0 radical (unpaired) electrons. The first-order chi connectivity index (χ1) is 18.7. The molecule has 0 bridgehead atoms. The van der Waals surface area contributed by atoms with Gasteiger partial charge >= 0.3 is 5.97 Å². The minimum absolute atomic E-state index is 0.150. The Labute approximate surface area is 233 Å². The summed E-state index contributed by atoms with van der Waals surface area (Å²) in [5.41, 5.74) is 2.04. The van der Waals surface area contributed by atoms with Crippen molar-refractivity contribution in [3.63, 3.8) is 0 Å². The van der Waals surface area contributed by atoms with E-state index in [4.69, 9.17) is 11.6 Å². The summed E-state index contributed by atoms with van der Waals surface area (Å²) >= 11 is 7.43. The molecule has 3 aromatic rings. The molecule has 2 aromatic heterocycles. The lowest BCUT2D eigenvalue weighted by molar-refractivity contribution is -0.145. The fraction of sp³-hybridized carbons (Fsp3) is 0.423. The molecular formula is C26H29ClN6O5S. The number of carbonyl (C=O) groups excluding carboxylic acids is 3. The van der Waals surface area contributed by atoms with Crippen molar-refractivity contribution >= 4 is 57.9 Å². The van der Waals surface area contributed by atoms with Crippen LogP contribution in [0.1, 0.15) is 43.7 Å². The van der Waals surface area contributed by atoms with Crippen molar-refractivity contribution in [3.8, 4) is 0 Å². The number of halogens is 1. The lowest BCUT2D eigenvalue weighted by Crippen LogP contribution is -2.62. The van der Waals surface area contributed by atoms with E-state index in [9.17, 15) is 24.3 Å². The zero-order valence-corrected chi connectivity index (χ0v) is 22.8. The number of carbonyl (C=O) groups is 4. The molecule has 1 aromatic carbocycles. The van der Waals surface area contributed by atoms with Gasteiger partial charge in [-0.1, -0.05) is 11.6 Å². The highest BCUT2D eigenvalue weighted by Crippen LogP contribution is 2.25. The molecule has 0 aliphatic carbocycles. The molecule has 39 heavy (non-hydrogen) atoms. The van der Waals surface area contributed by atoms with Gasteiger partial charge in [0.05, 0.1) is 17.8 Å². The Morgan fingerprint density at radius 3 is 2.79 bits per heavy atom. The minimum Gasteiger partial charge on any atom is -0.480 e. The summed E-state index contributed by atoms with van der Waals surface area (Å²) in [6, 6.07) is 4.90. The van der Waals surface area contributed by atoms with E-state index in [0.29, 0.717) is 35.0 Å². The van der Waals surface area contributed by atoms with Crippen LogP contribution in [0.3, 0.4) is 0 Å². The monoisotopic (exact) mass is 572 g/mol. The first-order valence-corrected chi connectivity index (χ1v) is 13.9. The van der Waals surface area contributed by atoms with Gasteiger partial charge in [-0.15, -0.1) is 11.3 Å². The Balaban J connectivity index is 1.35. The van der Waals surface area contributed by atoms with Crippen LogP contribution in [-0.2, 0) is 22.6 Å². The zero-order valence-electron chi connectivity index (χ0n) is 21.3. The average molecular weight is 573 g/mol. The molecule has 206 valence electrons. The molecule has 4 N–H and O–H groups in total. The Morgan fingerprint density at radius 2 is 2.03 bits per heavy atom. The number of aromatic amines is 1. The number of nitrogens with one attached hydrogen (secondary N) is 3. The van der Waals surface area contributed by atoms with Gasteiger partial charge in [0.25, 0.3) is 11.8 Å². The highest BCUT2D eigenvalue weighted by Gasteiger charge is 2.37. The van der Waals surface area contributed by atoms with Crippen molar-refractivity contribution in [3.05, 3.63) is 50.6 Å². The lowest BCUT2D eigenvalue weighted by Gasteiger charge is -2.41. The summed E-state index contributed by atoms with van der Waals surface area (Å²) in [6.45, 7) is 2.09. The summed E-state index contributed by atoms with van der Waals surface area (Å²) < 4.78 is 0. The topological polar surface area (TPSA) is 148 Å². The van der Waals surface area contributed by atoms with Crippen LogP contribution in [0.25, 0.3) is 10.9 Å². The highest BCUT2D eigenvalue weighted by atomic mass is 35.5. The number of benzene rings is 1. The van der Waals surface area contributed by atoms with E-state index < -0.39 is 24.1 Å². The normalized spacial score (nSPS) is 20.8. The van der Waals surface area contributed by atoms with Crippen LogP contribution < -0.4 is 10.6 Å². The van der Waals surface area contributed by atoms with Gasteiger partial charge in [0.2, 0.25) is 0 Å². The molecule has 1 saturated heterocycles. The SMILES string of the molecule is CN1CCc2nc(C(=O)N[C@@H]3CN(C(CC=O)C(=O)O)CC[C@@H]3NC(=O)c3cc4cc(Cl)ccc4[nH]3)sc2C1. The second-order valence-corrected chi connectivity index (χ2v) is 11.5. The molecular weight excluding hydrogens is 544 g/mol. The van der Waals surface area contributed by atoms with Crippen LogP contribution in [0.4, 0.5) is 0 Å². The van der Waals surface area contributed by atoms with Crippen LogP contribution in [0.5, 0.6) is 0 Å². The average Bonchev–Trinajstić information content (AvgIpc) is 3.52.